The number of hydrogen-bond acceptors (Lipinski definition) is 5. The summed E-state index contributed by atoms with van der Waals surface area (Å²) >= 11 is 0. The predicted octanol–water partition coefficient (Wildman–Crippen LogP) is 2.25. The fraction of sp³-hybridized carbons (Fsp3) is 0.565. The zero-order valence-electron chi connectivity index (χ0n) is 17.9. The van der Waals surface area contributed by atoms with Crippen molar-refractivity contribution in [2.45, 2.75) is 44.4 Å². The molecule has 0 unspecified atom stereocenters. The van der Waals surface area contributed by atoms with Gasteiger partial charge in [0.05, 0.1) is 6.54 Å². The quantitative estimate of drug-likeness (QED) is 0.757. The van der Waals surface area contributed by atoms with Gasteiger partial charge in [-0.25, -0.2) is 0 Å². The minimum absolute atomic E-state index is 0.0790. The zero-order chi connectivity index (χ0) is 20.8. The molecule has 2 aliphatic heterocycles. The van der Waals surface area contributed by atoms with Crippen LogP contribution >= 0.6 is 0 Å². The second-order valence-electron chi connectivity index (χ2n) is 8.44. The summed E-state index contributed by atoms with van der Waals surface area (Å²) in [5.41, 5.74) is 0.636. The summed E-state index contributed by atoms with van der Waals surface area (Å²) in [6.45, 7) is 5.82. The highest BCUT2D eigenvalue weighted by atomic mass is 16.5. The maximum Gasteiger partial charge on any atom is 0.251 e. The highest BCUT2D eigenvalue weighted by Crippen LogP contribution is 2.24. The Morgan fingerprint density at radius 2 is 1.93 bits per heavy atom. The van der Waals surface area contributed by atoms with Crippen LogP contribution in [0.3, 0.4) is 0 Å². The lowest BCUT2D eigenvalue weighted by atomic mass is 9.99. The van der Waals surface area contributed by atoms with E-state index in [1.165, 1.54) is 25.9 Å². The Labute approximate surface area is 179 Å². The van der Waals surface area contributed by atoms with Crippen LogP contribution in [-0.2, 0) is 6.54 Å². The predicted molar refractivity (Wildman–Crippen MR) is 117 cm³/mol. The Morgan fingerprint density at radius 3 is 2.67 bits per heavy atom. The summed E-state index contributed by atoms with van der Waals surface area (Å²) < 4.78 is 8.04. The second kappa shape index (κ2) is 10.1. The number of benzene rings is 1. The molecule has 162 valence electrons. The van der Waals surface area contributed by atoms with E-state index < -0.39 is 0 Å². The summed E-state index contributed by atoms with van der Waals surface area (Å²) in [5, 5.41) is 7.09. The number of nitrogens with one attached hydrogen (secondary N) is 1. The number of aromatic nitrogens is 2. The lowest BCUT2D eigenvalue weighted by molar-refractivity contribution is 0.0525. The third kappa shape index (κ3) is 5.61. The first-order valence-electron chi connectivity index (χ1n) is 11.1. The smallest absolute Gasteiger partial charge is 0.251 e. The maximum absolute atomic E-state index is 12.5. The first-order valence-corrected chi connectivity index (χ1v) is 11.1. The van der Waals surface area contributed by atoms with Crippen molar-refractivity contribution in [1.29, 1.82) is 0 Å². The Hall–Kier alpha value is -2.38. The SMILES string of the molecule is CN1CCC(N2CCC(Oc3cccc(C(=O)NCCn4cccn4)c3)CC2)CC1. The highest BCUT2D eigenvalue weighted by Gasteiger charge is 2.28. The van der Waals surface area contributed by atoms with Crippen molar-refractivity contribution in [1.82, 2.24) is 24.9 Å². The molecular formula is C23H33N5O2. The number of likely N-dealkylation sites (tertiary alicyclic amines) is 2. The molecule has 0 aliphatic carbocycles. The standard InChI is InChI=1S/C23H33N5O2/c1-26-13-6-20(7-14-26)27-15-8-21(9-16-27)30-22-5-2-4-19(18-22)23(29)24-11-17-28-12-3-10-25-28/h2-5,10,12,18,20-21H,6-9,11,13-17H2,1H3,(H,24,29). The summed E-state index contributed by atoms with van der Waals surface area (Å²) in [6.07, 6.45) is 8.50. The molecule has 0 atom stereocenters. The number of amides is 1. The minimum Gasteiger partial charge on any atom is -0.490 e. The van der Waals surface area contributed by atoms with Gasteiger partial charge in [0.15, 0.2) is 0 Å². The summed E-state index contributed by atoms with van der Waals surface area (Å²) in [5.74, 6) is 0.706. The monoisotopic (exact) mass is 411 g/mol. The van der Waals surface area contributed by atoms with E-state index >= 15 is 0 Å². The highest BCUT2D eigenvalue weighted by molar-refractivity contribution is 5.94. The molecule has 1 aromatic heterocycles. The molecule has 0 radical (unpaired) electrons. The molecule has 30 heavy (non-hydrogen) atoms. The molecule has 0 spiro atoms. The summed E-state index contributed by atoms with van der Waals surface area (Å²) in [7, 11) is 2.21. The van der Waals surface area contributed by atoms with E-state index in [4.69, 9.17) is 4.74 Å². The fourth-order valence-corrected chi connectivity index (χ4v) is 4.44. The van der Waals surface area contributed by atoms with Crippen LogP contribution < -0.4 is 10.1 Å². The van der Waals surface area contributed by atoms with Crippen molar-refractivity contribution in [3.63, 3.8) is 0 Å². The van der Waals surface area contributed by atoms with Crippen molar-refractivity contribution in [2.24, 2.45) is 0 Å². The summed E-state index contributed by atoms with van der Waals surface area (Å²) in [4.78, 5) is 17.5. The number of ether oxygens (including phenoxy) is 1. The van der Waals surface area contributed by atoms with E-state index in [0.717, 1.165) is 37.7 Å². The van der Waals surface area contributed by atoms with Gasteiger partial charge >= 0.3 is 0 Å². The van der Waals surface area contributed by atoms with Crippen molar-refractivity contribution >= 4 is 5.91 Å². The van der Waals surface area contributed by atoms with E-state index in [1.807, 2.05) is 36.5 Å². The molecule has 2 fully saturated rings. The number of carbonyl (C=O) groups excluding carboxylic acids is 1. The van der Waals surface area contributed by atoms with Gasteiger partial charge in [-0.1, -0.05) is 6.07 Å². The minimum atomic E-state index is -0.0790. The fourth-order valence-electron chi connectivity index (χ4n) is 4.44. The first kappa shape index (κ1) is 20.9. The van der Waals surface area contributed by atoms with Crippen LogP contribution in [0.2, 0.25) is 0 Å². The third-order valence-electron chi connectivity index (χ3n) is 6.27. The Balaban J connectivity index is 1.23. The van der Waals surface area contributed by atoms with Gasteiger partial charge in [0.2, 0.25) is 0 Å². The van der Waals surface area contributed by atoms with Crippen LogP contribution in [0.1, 0.15) is 36.0 Å². The van der Waals surface area contributed by atoms with Crippen molar-refractivity contribution in [3.05, 3.63) is 48.3 Å². The van der Waals surface area contributed by atoms with Crippen LogP contribution in [0.25, 0.3) is 0 Å². The van der Waals surface area contributed by atoms with Crippen LogP contribution in [0.4, 0.5) is 0 Å². The van der Waals surface area contributed by atoms with Crippen LogP contribution in [0.5, 0.6) is 5.75 Å². The van der Waals surface area contributed by atoms with Crippen molar-refractivity contribution in [2.75, 3.05) is 39.8 Å². The lowest BCUT2D eigenvalue weighted by Gasteiger charge is -2.41. The summed E-state index contributed by atoms with van der Waals surface area (Å²) in [6, 6.07) is 10.1. The maximum atomic E-state index is 12.5. The molecule has 2 aliphatic rings. The molecule has 2 saturated heterocycles. The molecule has 1 N–H and O–H groups in total. The Bertz CT molecular complexity index is 794. The Morgan fingerprint density at radius 1 is 1.13 bits per heavy atom. The van der Waals surface area contributed by atoms with Crippen LogP contribution in [-0.4, -0.2) is 77.4 Å². The molecule has 0 saturated carbocycles. The number of nitrogens with zero attached hydrogens (tertiary/aromatic N) is 4. The molecule has 2 aromatic rings. The van der Waals surface area contributed by atoms with Gasteiger partial charge in [0.1, 0.15) is 11.9 Å². The van der Waals surface area contributed by atoms with E-state index in [9.17, 15) is 4.79 Å². The van der Waals surface area contributed by atoms with Crippen LogP contribution in [0, 0.1) is 0 Å². The average molecular weight is 412 g/mol. The second-order valence-corrected chi connectivity index (χ2v) is 8.44. The molecule has 1 aromatic carbocycles. The van der Waals surface area contributed by atoms with Gasteiger partial charge in [-0.15, -0.1) is 0 Å². The number of carbonyl (C=O) groups is 1. The van der Waals surface area contributed by atoms with Crippen molar-refractivity contribution < 1.29 is 9.53 Å². The molecule has 3 heterocycles. The normalized spacial score (nSPS) is 19.6. The van der Waals surface area contributed by atoms with Gasteiger partial charge in [-0.05, 0) is 70.1 Å². The van der Waals surface area contributed by atoms with E-state index in [0.29, 0.717) is 18.7 Å². The zero-order valence-corrected chi connectivity index (χ0v) is 17.9. The van der Waals surface area contributed by atoms with Gasteiger partial charge in [-0.2, -0.15) is 5.10 Å². The van der Waals surface area contributed by atoms with Crippen LogP contribution in [0.15, 0.2) is 42.7 Å². The molecule has 0 bridgehead atoms. The molecule has 7 nitrogen and oxygen atoms in total. The van der Waals surface area contributed by atoms with Gasteiger partial charge in [0, 0.05) is 43.6 Å². The topological polar surface area (TPSA) is 62.6 Å². The third-order valence-corrected chi connectivity index (χ3v) is 6.27. The largest absolute Gasteiger partial charge is 0.490 e. The molecule has 7 heteroatoms. The Kier molecular flexibility index (Phi) is 7.02. The van der Waals surface area contributed by atoms with E-state index in [-0.39, 0.29) is 12.0 Å². The van der Waals surface area contributed by atoms with Gasteiger partial charge < -0.3 is 19.9 Å². The number of hydrogen-bond donors (Lipinski definition) is 1. The lowest BCUT2D eigenvalue weighted by Crippen LogP contribution is -2.48. The van der Waals surface area contributed by atoms with E-state index in [2.05, 4.69) is 27.3 Å². The number of rotatable bonds is 7. The molecule has 4 rings (SSSR count). The van der Waals surface area contributed by atoms with E-state index in [1.54, 1.807) is 10.9 Å². The van der Waals surface area contributed by atoms with Crippen molar-refractivity contribution in [3.8, 4) is 5.75 Å². The average Bonchev–Trinajstić information content (AvgIpc) is 3.29. The van der Waals surface area contributed by atoms with Gasteiger partial charge in [0.25, 0.3) is 5.91 Å². The molecule has 1 amide bonds. The van der Waals surface area contributed by atoms with Gasteiger partial charge in [-0.3, -0.25) is 9.48 Å². The molecular weight excluding hydrogens is 378 g/mol. The first-order chi connectivity index (χ1) is 14.7. The number of piperidine rings is 2.